The third kappa shape index (κ3) is 2.93. The second kappa shape index (κ2) is 6.28. The van der Waals surface area contributed by atoms with Gasteiger partial charge >= 0.3 is 0 Å². The number of benzene rings is 1. The number of ether oxygens (including phenoxy) is 2. The van der Waals surface area contributed by atoms with Crippen molar-refractivity contribution in [2.75, 3.05) is 26.8 Å². The maximum Gasteiger partial charge on any atom is 0.243 e. The zero-order valence-electron chi connectivity index (χ0n) is 14.2. The van der Waals surface area contributed by atoms with Crippen molar-refractivity contribution in [3.8, 4) is 0 Å². The summed E-state index contributed by atoms with van der Waals surface area (Å²) in [6.45, 7) is 11.0. The first-order valence-corrected chi connectivity index (χ1v) is 8.88. The van der Waals surface area contributed by atoms with Crippen LogP contribution in [0.25, 0.3) is 0 Å². The van der Waals surface area contributed by atoms with Gasteiger partial charge in [-0.2, -0.15) is 4.31 Å². The van der Waals surface area contributed by atoms with Crippen LogP contribution in [0.4, 0.5) is 0 Å². The Bertz CT molecular complexity index is 647. The Hall–Kier alpha value is -0.950. The van der Waals surface area contributed by atoms with Crippen LogP contribution in [-0.4, -0.2) is 45.8 Å². The molecule has 1 saturated heterocycles. The van der Waals surface area contributed by atoms with Crippen molar-refractivity contribution in [1.82, 2.24) is 4.31 Å². The molecule has 0 aromatic heterocycles. The molecule has 0 atom stereocenters. The number of hydrogen-bond donors (Lipinski definition) is 0. The molecular formula is C16H25NO4S. The van der Waals surface area contributed by atoms with E-state index >= 15 is 0 Å². The molecule has 0 N–H and O–H groups in total. The fraction of sp³-hybridized carbons (Fsp3) is 0.625. The van der Waals surface area contributed by atoms with Crippen molar-refractivity contribution >= 4 is 10.0 Å². The van der Waals surface area contributed by atoms with E-state index in [4.69, 9.17) is 9.47 Å². The first-order chi connectivity index (χ1) is 10.2. The van der Waals surface area contributed by atoms with Crippen LogP contribution in [0.2, 0.25) is 0 Å². The topological polar surface area (TPSA) is 55.8 Å². The molecule has 0 aliphatic carbocycles. The van der Waals surface area contributed by atoms with Crippen LogP contribution in [0.5, 0.6) is 0 Å². The summed E-state index contributed by atoms with van der Waals surface area (Å²) in [5.74, 6) is 0. The molecule has 5 nitrogen and oxygen atoms in total. The summed E-state index contributed by atoms with van der Waals surface area (Å²) < 4.78 is 38.0. The zero-order valence-corrected chi connectivity index (χ0v) is 15.0. The summed E-state index contributed by atoms with van der Waals surface area (Å²) >= 11 is 0. The SMILES string of the molecule is Cc1c(C)c(C)c(S(=O)(=O)N(C)CC2OCCO2)c(C)c1C. The summed E-state index contributed by atoms with van der Waals surface area (Å²) in [5.41, 5.74) is 4.85. The molecule has 2 rings (SSSR count). The van der Waals surface area contributed by atoms with E-state index in [1.54, 1.807) is 7.05 Å². The van der Waals surface area contributed by atoms with Crippen LogP contribution in [0, 0.1) is 34.6 Å². The monoisotopic (exact) mass is 327 g/mol. The van der Waals surface area contributed by atoms with Gasteiger partial charge in [-0.3, -0.25) is 0 Å². The maximum absolute atomic E-state index is 13.0. The molecule has 1 fully saturated rings. The van der Waals surface area contributed by atoms with Gasteiger partial charge in [0.2, 0.25) is 10.0 Å². The normalized spacial score (nSPS) is 16.7. The van der Waals surface area contributed by atoms with Crippen molar-refractivity contribution in [3.05, 3.63) is 27.8 Å². The standard InChI is InChI=1S/C16H25NO4S/c1-10-11(2)13(4)16(14(5)12(10)3)22(18,19)17(6)9-15-20-7-8-21-15/h15H,7-9H2,1-6H3. The zero-order chi connectivity index (χ0) is 16.7. The lowest BCUT2D eigenvalue weighted by molar-refractivity contribution is -0.0482. The van der Waals surface area contributed by atoms with Gasteiger partial charge in [-0.05, 0) is 62.4 Å². The fourth-order valence-electron chi connectivity index (χ4n) is 2.83. The summed E-state index contributed by atoms with van der Waals surface area (Å²) in [6, 6.07) is 0. The van der Waals surface area contributed by atoms with Crippen LogP contribution in [0.1, 0.15) is 27.8 Å². The molecule has 0 amide bonds. The van der Waals surface area contributed by atoms with E-state index in [9.17, 15) is 8.42 Å². The first-order valence-electron chi connectivity index (χ1n) is 7.44. The summed E-state index contributed by atoms with van der Waals surface area (Å²) in [5, 5.41) is 0. The summed E-state index contributed by atoms with van der Waals surface area (Å²) in [6.07, 6.45) is -0.479. The molecule has 1 aromatic rings. The predicted octanol–water partition coefficient (Wildman–Crippen LogP) is 2.22. The minimum atomic E-state index is -3.58. The fourth-order valence-corrected chi connectivity index (χ4v) is 4.54. The molecule has 1 aromatic carbocycles. The number of likely N-dealkylation sites (N-methyl/N-ethyl adjacent to an activating group) is 1. The average Bonchev–Trinajstić information content (AvgIpc) is 2.95. The largest absolute Gasteiger partial charge is 0.349 e. The lowest BCUT2D eigenvalue weighted by Crippen LogP contribution is -2.35. The Balaban J connectivity index is 2.45. The van der Waals surface area contributed by atoms with E-state index in [0.29, 0.717) is 18.1 Å². The Labute approximate surface area is 133 Å². The number of sulfonamides is 1. The van der Waals surface area contributed by atoms with Crippen molar-refractivity contribution < 1.29 is 17.9 Å². The highest BCUT2D eigenvalue weighted by Gasteiger charge is 2.30. The molecule has 1 aliphatic rings. The van der Waals surface area contributed by atoms with Crippen molar-refractivity contribution in [2.45, 2.75) is 45.8 Å². The molecule has 0 saturated carbocycles. The smallest absolute Gasteiger partial charge is 0.243 e. The Kier molecular flexibility index (Phi) is 4.96. The number of hydrogen-bond acceptors (Lipinski definition) is 4. The van der Waals surface area contributed by atoms with Crippen molar-refractivity contribution in [1.29, 1.82) is 0 Å². The Morgan fingerprint density at radius 2 is 1.32 bits per heavy atom. The molecular weight excluding hydrogens is 302 g/mol. The summed E-state index contributed by atoms with van der Waals surface area (Å²) in [7, 11) is -2.00. The predicted molar refractivity (Wildman–Crippen MR) is 85.6 cm³/mol. The van der Waals surface area contributed by atoms with E-state index in [0.717, 1.165) is 27.8 Å². The molecule has 6 heteroatoms. The lowest BCUT2D eigenvalue weighted by atomic mass is 9.95. The molecule has 124 valence electrons. The minimum absolute atomic E-state index is 0.202. The second-order valence-corrected chi connectivity index (χ2v) is 7.89. The van der Waals surface area contributed by atoms with Gasteiger partial charge in [-0.1, -0.05) is 0 Å². The molecule has 22 heavy (non-hydrogen) atoms. The van der Waals surface area contributed by atoms with Gasteiger partial charge < -0.3 is 9.47 Å². The first kappa shape index (κ1) is 17.4. The molecule has 1 heterocycles. The van der Waals surface area contributed by atoms with Gasteiger partial charge in [0.05, 0.1) is 24.7 Å². The van der Waals surface area contributed by atoms with Gasteiger partial charge in [0.25, 0.3) is 0 Å². The Morgan fingerprint density at radius 1 is 0.909 bits per heavy atom. The lowest BCUT2D eigenvalue weighted by Gasteiger charge is -2.24. The van der Waals surface area contributed by atoms with Gasteiger partial charge in [0.1, 0.15) is 0 Å². The third-order valence-corrected chi connectivity index (χ3v) is 6.79. The third-order valence-electron chi connectivity index (χ3n) is 4.70. The van der Waals surface area contributed by atoms with Crippen LogP contribution in [0.3, 0.4) is 0 Å². The number of rotatable bonds is 4. The second-order valence-electron chi connectivity index (χ2n) is 5.91. The molecule has 0 bridgehead atoms. The van der Waals surface area contributed by atoms with Crippen molar-refractivity contribution in [3.63, 3.8) is 0 Å². The highest BCUT2D eigenvalue weighted by Crippen LogP contribution is 2.31. The highest BCUT2D eigenvalue weighted by atomic mass is 32.2. The van der Waals surface area contributed by atoms with Gasteiger partial charge in [0, 0.05) is 7.05 Å². The molecule has 0 unspecified atom stereocenters. The highest BCUT2D eigenvalue weighted by molar-refractivity contribution is 7.89. The van der Waals surface area contributed by atoms with E-state index in [-0.39, 0.29) is 6.54 Å². The summed E-state index contributed by atoms with van der Waals surface area (Å²) in [4.78, 5) is 0.411. The van der Waals surface area contributed by atoms with Gasteiger partial charge in [0.15, 0.2) is 6.29 Å². The van der Waals surface area contributed by atoms with Gasteiger partial charge in [-0.15, -0.1) is 0 Å². The van der Waals surface area contributed by atoms with E-state index < -0.39 is 16.3 Å². The average molecular weight is 327 g/mol. The van der Waals surface area contributed by atoms with Crippen molar-refractivity contribution in [2.24, 2.45) is 0 Å². The van der Waals surface area contributed by atoms with E-state index in [2.05, 4.69) is 0 Å². The number of nitrogens with zero attached hydrogens (tertiary/aromatic N) is 1. The van der Waals surface area contributed by atoms with Crippen LogP contribution >= 0.6 is 0 Å². The van der Waals surface area contributed by atoms with Gasteiger partial charge in [-0.25, -0.2) is 8.42 Å². The quantitative estimate of drug-likeness (QED) is 0.851. The minimum Gasteiger partial charge on any atom is -0.349 e. The van der Waals surface area contributed by atoms with E-state index in [1.165, 1.54) is 4.31 Å². The van der Waals surface area contributed by atoms with Crippen LogP contribution in [-0.2, 0) is 19.5 Å². The van der Waals surface area contributed by atoms with Crippen LogP contribution in [0.15, 0.2) is 4.90 Å². The van der Waals surface area contributed by atoms with E-state index in [1.807, 2.05) is 34.6 Å². The maximum atomic E-state index is 13.0. The molecule has 0 spiro atoms. The Morgan fingerprint density at radius 3 is 1.77 bits per heavy atom. The molecule has 1 aliphatic heterocycles. The molecule has 0 radical (unpaired) electrons. The van der Waals surface area contributed by atoms with Crippen LogP contribution < -0.4 is 0 Å².